The highest BCUT2D eigenvalue weighted by molar-refractivity contribution is 5.94. The molecule has 0 fully saturated rings. The van der Waals surface area contributed by atoms with Crippen LogP contribution in [0.25, 0.3) is 0 Å². The molecule has 106 valence electrons. The highest BCUT2D eigenvalue weighted by Gasteiger charge is 2.33. The van der Waals surface area contributed by atoms with E-state index in [4.69, 9.17) is 0 Å². The molecule has 0 saturated carbocycles. The lowest BCUT2D eigenvalue weighted by Gasteiger charge is -2.23. The van der Waals surface area contributed by atoms with Crippen molar-refractivity contribution in [1.82, 2.24) is 4.90 Å². The average molecular weight is 277 g/mol. The number of benzene rings is 1. The van der Waals surface area contributed by atoms with Crippen LogP contribution in [0.5, 0.6) is 0 Å². The molecule has 19 heavy (non-hydrogen) atoms. The molecule has 0 unspecified atom stereocenters. The van der Waals surface area contributed by atoms with Gasteiger partial charge in [0.05, 0.1) is 0 Å². The second-order valence-corrected chi connectivity index (χ2v) is 4.21. The van der Waals surface area contributed by atoms with Crippen LogP contribution >= 0.6 is 0 Å². The zero-order valence-corrected chi connectivity index (χ0v) is 10.5. The van der Waals surface area contributed by atoms with E-state index in [1.165, 1.54) is 12.1 Å². The van der Waals surface area contributed by atoms with Crippen molar-refractivity contribution in [1.29, 1.82) is 0 Å². The molecule has 0 aliphatic rings. The summed E-state index contributed by atoms with van der Waals surface area (Å²) >= 11 is 0. The van der Waals surface area contributed by atoms with E-state index in [1.807, 2.05) is 6.92 Å². The average Bonchev–Trinajstić information content (AvgIpc) is 2.32. The Labute approximate surface area is 109 Å². The van der Waals surface area contributed by atoms with Gasteiger partial charge in [-0.05, 0) is 24.6 Å². The second kappa shape index (κ2) is 6.54. The number of rotatable bonds is 5. The first kappa shape index (κ1) is 15.5. The Morgan fingerprint density at radius 3 is 2.53 bits per heavy atom. The molecule has 0 aliphatic carbocycles. The third kappa shape index (κ3) is 5.28. The van der Waals surface area contributed by atoms with Crippen molar-refractivity contribution in [3.8, 4) is 0 Å². The van der Waals surface area contributed by atoms with E-state index in [0.29, 0.717) is 17.7 Å². The van der Waals surface area contributed by atoms with Crippen LogP contribution < -0.4 is 0 Å². The molecule has 0 spiro atoms. The van der Waals surface area contributed by atoms with Gasteiger partial charge in [0, 0.05) is 12.1 Å². The molecule has 1 amide bonds. The van der Waals surface area contributed by atoms with E-state index in [0.717, 1.165) is 12.1 Å². The summed E-state index contributed by atoms with van der Waals surface area (Å²) in [6.07, 6.45) is -3.32. The van der Waals surface area contributed by atoms with Crippen LogP contribution in [0.4, 0.5) is 17.6 Å². The molecular weight excluding hydrogens is 262 g/mol. The number of carbonyl (C=O) groups excluding carboxylic acids is 1. The van der Waals surface area contributed by atoms with Gasteiger partial charge in [-0.2, -0.15) is 13.2 Å². The molecule has 0 aromatic heterocycles. The molecule has 2 nitrogen and oxygen atoms in total. The Bertz CT molecular complexity index is 431. The summed E-state index contributed by atoms with van der Waals surface area (Å²) < 4.78 is 50.2. The minimum atomic E-state index is -4.46. The van der Waals surface area contributed by atoms with Crippen LogP contribution in [0.3, 0.4) is 0 Å². The molecule has 6 heteroatoms. The lowest BCUT2D eigenvalue weighted by Crippen LogP contribution is -2.39. The summed E-state index contributed by atoms with van der Waals surface area (Å²) in [5.41, 5.74) is -0.0691. The Balaban J connectivity index is 2.87. The van der Waals surface area contributed by atoms with Gasteiger partial charge in [0.2, 0.25) is 0 Å². The van der Waals surface area contributed by atoms with Crippen LogP contribution in [0.15, 0.2) is 24.3 Å². The second-order valence-electron chi connectivity index (χ2n) is 4.21. The number of halogens is 4. The van der Waals surface area contributed by atoms with E-state index in [9.17, 15) is 22.4 Å². The van der Waals surface area contributed by atoms with Gasteiger partial charge in [-0.15, -0.1) is 0 Å². The number of carbonyl (C=O) groups is 1. The fraction of sp³-hybridized carbons (Fsp3) is 0.462. The molecule has 0 radical (unpaired) electrons. The summed E-state index contributed by atoms with van der Waals surface area (Å²) in [5.74, 6) is -1.45. The Kier molecular flexibility index (Phi) is 5.32. The number of nitrogens with zero attached hydrogens (tertiary/aromatic N) is 1. The lowest BCUT2D eigenvalue weighted by atomic mass is 10.2. The Hall–Kier alpha value is -1.59. The largest absolute Gasteiger partial charge is 0.406 e. The van der Waals surface area contributed by atoms with Gasteiger partial charge in [0.25, 0.3) is 5.91 Å². The maximum absolute atomic E-state index is 13.0. The van der Waals surface area contributed by atoms with Crippen LogP contribution in [0.2, 0.25) is 0 Å². The van der Waals surface area contributed by atoms with E-state index >= 15 is 0 Å². The number of hydrogen-bond acceptors (Lipinski definition) is 1. The summed E-state index contributed by atoms with van der Waals surface area (Å²) in [6.45, 7) is 0.506. The summed E-state index contributed by atoms with van der Waals surface area (Å²) in [4.78, 5) is 12.6. The third-order valence-corrected chi connectivity index (χ3v) is 2.51. The first-order valence-corrected chi connectivity index (χ1v) is 5.95. The highest BCUT2D eigenvalue weighted by atomic mass is 19.4. The minimum absolute atomic E-state index is 0.00531. The third-order valence-electron chi connectivity index (χ3n) is 2.51. The van der Waals surface area contributed by atoms with E-state index < -0.39 is 24.4 Å². The number of amides is 1. The van der Waals surface area contributed by atoms with Gasteiger partial charge in [0.15, 0.2) is 0 Å². The minimum Gasteiger partial charge on any atom is -0.330 e. The van der Waals surface area contributed by atoms with Gasteiger partial charge in [-0.25, -0.2) is 4.39 Å². The molecular formula is C13H15F4NO. The maximum Gasteiger partial charge on any atom is 0.406 e. The fourth-order valence-electron chi connectivity index (χ4n) is 1.62. The quantitative estimate of drug-likeness (QED) is 0.753. The molecule has 0 saturated heterocycles. The molecule has 1 aromatic carbocycles. The normalized spacial score (nSPS) is 11.4. The van der Waals surface area contributed by atoms with Crippen LogP contribution in [0.1, 0.15) is 30.1 Å². The first-order chi connectivity index (χ1) is 8.83. The standard InChI is InChI=1S/C13H15F4NO/c1-2-3-7-18(9-13(15,16)17)12(19)10-5-4-6-11(14)8-10/h4-6,8H,2-3,7,9H2,1H3. The van der Waals surface area contributed by atoms with Crippen LogP contribution in [-0.2, 0) is 0 Å². The zero-order valence-electron chi connectivity index (χ0n) is 10.5. The maximum atomic E-state index is 13.0. The lowest BCUT2D eigenvalue weighted by molar-refractivity contribution is -0.140. The van der Waals surface area contributed by atoms with Crippen molar-refractivity contribution in [2.24, 2.45) is 0 Å². The van der Waals surface area contributed by atoms with Gasteiger partial charge in [-0.1, -0.05) is 19.4 Å². The van der Waals surface area contributed by atoms with E-state index in [1.54, 1.807) is 0 Å². The van der Waals surface area contributed by atoms with Gasteiger partial charge in [0.1, 0.15) is 12.4 Å². The van der Waals surface area contributed by atoms with Crippen LogP contribution in [0, 0.1) is 5.82 Å². The number of alkyl halides is 3. The van der Waals surface area contributed by atoms with Crippen LogP contribution in [-0.4, -0.2) is 30.1 Å². The van der Waals surface area contributed by atoms with E-state index in [-0.39, 0.29) is 12.1 Å². The molecule has 0 atom stereocenters. The molecule has 0 aliphatic heterocycles. The molecule has 1 aromatic rings. The van der Waals surface area contributed by atoms with Gasteiger partial charge in [-0.3, -0.25) is 4.79 Å². The van der Waals surface area contributed by atoms with Gasteiger partial charge >= 0.3 is 6.18 Å². The predicted octanol–water partition coefficient (Wildman–Crippen LogP) is 3.63. The van der Waals surface area contributed by atoms with Crippen molar-refractivity contribution < 1.29 is 22.4 Å². The van der Waals surface area contributed by atoms with Crippen molar-refractivity contribution in [2.45, 2.75) is 25.9 Å². The van der Waals surface area contributed by atoms with Crippen molar-refractivity contribution >= 4 is 5.91 Å². The first-order valence-electron chi connectivity index (χ1n) is 5.95. The molecule has 0 heterocycles. The molecule has 0 N–H and O–H groups in total. The Morgan fingerprint density at radius 1 is 1.32 bits per heavy atom. The van der Waals surface area contributed by atoms with Gasteiger partial charge < -0.3 is 4.90 Å². The summed E-state index contributed by atoms with van der Waals surface area (Å²) in [5, 5.41) is 0. The number of unbranched alkanes of at least 4 members (excludes halogenated alkanes) is 1. The smallest absolute Gasteiger partial charge is 0.330 e. The van der Waals surface area contributed by atoms with Crippen molar-refractivity contribution in [3.63, 3.8) is 0 Å². The number of hydrogen-bond donors (Lipinski definition) is 0. The molecule has 1 rings (SSSR count). The highest BCUT2D eigenvalue weighted by Crippen LogP contribution is 2.19. The summed E-state index contributed by atoms with van der Waals surface area (Å²) in [6, 6.07) is 4.68. The molecule has 0 bridgehead atoms. The Morgan fingerprint density at radius 2 is 2.00 bits per heavy atom. The topological polar surface area (TPSA) is 20.3 Å². The zero-order chi connectivity index (χ0) is 14.5. The van der Waals surface area contributed by atoms with Crippen molar-refractivity contribution in [2.75, 3.05) is 13.1 Å². The predicted molar refractivity (Wildman–Crippen MR) is 63.3 cm³/mol. The SMILES string of the molecule is CCCCN(CC(F)(F)F)C(=O)c1cccc(F)c1. The fourth-order valence-corrected chi connectivity index (χ4v) is 1.62. The summed E-state index contributed by atoms with van der Waals surface area (Å²) in [7, 11) is 0. The monoisotopic (exact) mass is 277 g/mol. The van der Waals surface area contributed by atoms with Crippen molar-refractivity contribution in [3.05, 3.63) is 35.6 Å². The van der Waals surface area contributed by atoms with E-state index in [2.05, 4.69) is 0 Å².